The lowest BCUT2D eigenvalue weighted by Crippen LogP contribution is -2.02. The van der Waals surface area contributed by atoms with Crippen LogP contribution >= 0.6 is 0 Å². The van der Waals surface area contributed by atoms with Gasteiger partial charge in [0.1, 0.15) is 22.3 Å². The lowest BCUT2D eigenvalue weighted by Gasteiger charge is -2.11. The summed E-state index contributed by atoms with van der Waals surface area (Å²) in [7, 11) is 0. The molecule has 0 aliphatic heterocycles. The molecule has 0 fully saturated rings. The van der Waals surface area contributed by atoms with Crippen molar-refractivity contribution in [2.75, 3.05) is 0 Å². The van der Waals surface area contributed by atoms with Crippen LogP contribution in [0.1, 0.15) is 0 Å². The molecule has 0 amide bonds. The highest BCUT2D eigenvalue weighted by atomic mass is 16.3. The molecule has 0 N–H and O–H groups in total. The summed E-state index contributed by atoms with van der Waals surface area (Å²) < 4.78 is 14.7. The van der Waals surface area contributed by atoms with E-state index in [4.69, 9.17) is 8.83 Å². The fourth-order valence-electron chi connectivity index (χ4n) is 6.22. The first kappa shape index (κ1) is 22.2. The molecular weight excluding hydrogens is 508 g/mol. The predicted molar refractivity (Wildman–Crippen MR) is 165 cm³/mol. The number of hydrogen-bond acceptors (Lipinski definition) is 4. The molecule has 5 nitrogen and oxygen atoms in total. The maximum absolute atomic E-state index is 13.3. The summed E-state index contributed by atoms with van der Waals surface area (Å²) in [4.78, 5) is 17.8. The molecular formula is C36H20N2O3. The molecule has 0 unspecified atom stereocenters. The summed E-state index contributed by atoms with van der Waals surface area (Å²) in [5.41, 5.74) is 7.94. The van der Waals surface area contributed by atoms with Crippen molar-refractivity contribution >= 4 is 65.7 Å². The highest BCUT2D eigenvalue weighted by Crippen LogP contribution is 2.40. The molecule has 0 atom stereocenters. The van der Waals surface area contributed by atoms with E-state index < -0.39 is 0 Å². The van der Waals surface area contributed by atoms with Crippen LogP contribution in [0.25, 0.3) is 82.5 Å². The van der Waals surface area contributed by atoms with Gasteiger partial charge in [-0.05, 0) is 71.8 Å². The predicted octanol–water partition coefficient (Wildman–Crippen LogP) is 9.00. The number of fused-ring (bicyclic) bond motifs is 9. The van der Waals surface area contributed by atoms with Gasteiger partial charge in [0, 0.05) is 34.2 Å². The van der Waals surface area contributed by atoms with Crippen LogP contribution in [0.15, 0.2) is 135 Å². The van der Waals surface area contributed by atoms with Crippen molar-refractivity contribution in [2.24, 2.45) is 0 Å². The van der Waals surface area contributed by atoms with Gasteiger partial charge in [-0.3, -0.25) is 9.78 Å². The molecule has 0 saturated carbocycles. The summed E-state index contributed by atoms with van der Waals surface area (Å²) in [6.45, 7) is 0. The van der Waals surface area contributed by atoms with Crippen LogP contribution in [-0.4, -0.2) is 9.55 Å². The Morgan fingerprint density at radius 1 is 0.561 bits per heavy atom. The van der Waals surface area contributed by atoms with E-state index in [1.165, 1.54) is 0 Å². The average molecular weight is 529 g/mol. The summed E-state index contributed by atoms with van der Waals surface area (Å²) in [5.74, 6) is 0. The second-order valence-corrected chi connectivity index (χ2v) is 10.4. The van der Waals surface area contributed by atoms with E-state index in [1.807, 2.05) is 79.1 Å². The molecule has 192 valence electrons. The molecule has 4 heterocycles. The smallest absolute Gasteiger partial charge is 0.200 e. The lowest BCUT2D eigenvalue weighted by atomic mass is 10.0. The summed E-state index contributed by atoms with van der Waals surface area (Å²) >= 11 is 0. The van der Waals surface area contributed by atoms with Crippen LogP contribution in [0, 0.1) is 0 Å². The highest BCUT2D eigenvalue weighted by molar-refractivity contribution is 6.23. The van der Waals surface area contributed by atoms with Crippen molar-refractivity contribution in [2.45, 2.75) is 0 Å². The molecule has 0 spiro atoms. The molecule has 0 aliphatic rings. The second-order valence-electron chi connectivity index (χ2n) is 10.4. The van der Waals surface area contributed by atoms with Gasteiger partial charge in [-0.2, -0.15) is 0 Å². The number of furan rings is 1. The average Bonchev–Trinajstić information content (AvgIpc) is 3.57. The Labute approximate surface area is 232 Å². The van der Waals surface area contributed by atoms with Gasteiger partial charge >= 0.3 is 0 Å². The van der Waals surface area contributed by atoms with Gasteiger partial charge in [0.25, 0.3) is 0 Å². The van der Waals surface area contributed by atoms with Crippen molar-refractivity contribution in [3.05, 3.63) is 132 Å². The van der Waals surface area contributed by atoms with E-state index in [0.717, 1.165) is 60.6 Å². The first-order chi connectivity index (χ1) is 20.2. The first-order valence-corrected chi connectivity index (χ1v) is 13.5. The Kier molecular flexibility index (Phi) is 4.41. The van der Waals surface area contributed by atoms with Crippen molar-refractivity contribution in [1.82, 2.24) is 9.55 Å². The minimum Gasteiger partial charge on any atom is -0.456 e. The lowest BCUT2D eigenvalue weighted by molar-refractivity contribution is 0.660. The van der Waals surface area contributed by atoms with E-state index in [0.29, 0.717) is 21.9 Å². The monoisotopic (exact) mass is 528 g/mol. The molecule has 0 saturated heterocycles. The zero-order chi connectivity index (χ0) is 27.1. The molecule has 0 radical (unpaired) electrons. The van der Waals surface area contributed by atoms with Crippen molar-refractivity contribution in [3.63, 3.8) is 0 Å². The molecule has 41 heavy (non-hydrogen) atoms. The van der Waals surface area contributed by atoms with Crippen LogP contribution in [0.5, 0.6) is 0 Å². The number of pyridine rings is 1. The number of hydrogen-bond donors (Lipinski definition) is 0. The van der Waals surface area contributed by atoms with E-state index >= 15 is 0 Å². The van der Waals surface area contributed by atoms with Crippen LogP contribution in [0.4, 0.5) is 0 Å². The standard InChI is InChI=1S/C36H20N2O3/c39-35-26-9-2-4-11-32(26)40-33-15-12-22(19-27(33)35)21-6-5-7-23(18-21)38-29-16-17-37-20-28(29)34-30(38)14-13-25-24-8-1-3-10-31(24)41-36(25)34/h1-20H. The van der Waals surface area contributed by atoms with Gasteiger partial charge in [0.05, 0.1) is 27.2 Å². The Morgan fingerprint density at radius 2 is 1.34 bits per heavy atom. The van der Waals surface area contributed by atoms with Gasteiger partial charge in [-0.25, -0.2) is 0 Å². The normalized spacial score (nSPS) is 12.0. The molecule has 0 bridgehead atoms. The van der Waals surface area contributed by atoms with Crippen molar-refractivity contribution in [1.29, 1.82) is 0 Å². The van der Waals surface area contributed by atoms with Gasteiger partial charge in [0.15, 0.2) is 0 Å². The minimum atomic E-state index is -0.0235. The first-order valence-electron chi connectivity index (χ1n) is 13.5. The number of aromatic nitrogens is 2. The van der Waals surface area contributed by atoms with Crippen LogP contribution in [0.3, 0.4) is 0 Å². The SMILES string of the molecule is O=c1c2ccccc2oc2ccc(-c3cccc(-n4c5ccncc5c5c6oc7ccccc7c6ccc54)c3)cc12. The molecule has 9 aromatic rings. The summed E-state index contributed by atoms with van der Waals surface area (Å²) in [6.07, 6.45) is 3.74. The van der Waals surface area contributed by atoms with Gasteiger partial charge in [0.2, 0.25) is 5.43 Å². The van der Waals surface area contributed by atoms with Gasteiger partial charge in [-0.1, -0.05) is 48.5 Å². The Morgan fingerprint density at radius 3 is 2.24 bits per heavy atom. The number of rotatable bonds is 2. The van der Waals surface area contributed by atoms with Crippen LogP contribution < -0.4 is 5.43 Å². The second kappa shape index (κ2) is 8.16. The van der Waals surface area contributed by atoms with Crippen molar-refractivity contribution < 1.29 is 8.83 Å². The molecule has 0 aliphatic carbocycles. The third-order valence-corrected chi connectivity index (χ3v) is 8.09. The zero-order valence-electron chi connectivity index (χ0n) is 21.7. The topological polar surface area (TPSA) is 61.2 Å². The maximum Gasteiger partial charge on any atom is 0.200 e. The Hall–Kier alpha value is -5.68. The summed E-state index contributed by atoms with van der Waals surface area (Å²) in [5, 5.41) is 5.43. The number of benzene rings is 5. The van der Waals surface area contributed by atoms with Crippen molar-refractivity contribution in [3.8, 4) is 16.8 Å². The fourth-order valence-corrected chi connectivity index (χ4v) is 6.22. The summed E-state index contributed by atoms with van der Waals surface area (Å²) in [6, 6.07) is 36.1. The zero-order valence-corrected chi connectivity index (χ0v) is 21.7. The molecule has 5 heteroatoms. The van der Waals surface area contributed by atoms with E-state index in [9.17, 15) is 4.79 Å². The fraction of sp³-hybridized carbons (Fsp3) is 0. The minimum absolute atomic E-state index is 0.0235. The van der Waals surface area contributed by atoms with E-state index in [2.05, 4.69) is 52.0 Å². The Bertz CT molecular complexity index is 2570. The molecule has 4 aromatic heterocycles. The van der Waals surface area contributed by atoms with Gasteiger partial charge in [-0.15, -0.1) is 0 Å². The van der Waals surface area contributed by atoms with E-state index in [-0.39, 0.29) is 5.43 Å². The maximum atomic E-state index is 13.3. The molecule has 5 aromatic carbocycles. The van der Waals surface area contributed by atoms with Gasteiger partial charge < -0.3 is 13.4 Å². The number of nitrogens with zero attached hydrogens (tertiary/aromatic N) is 2. The largest absolute Gasteiger partial charge is 0.456 e. The molecule has 9 rings (SSSR count). The van der Waals surface area contributed by atoms with Crippen LogP contribution in [0.2, 0.25) is 0 Å². The third-order valence-electron chi connectivity index (χ3n) is 8.09. The number of para-hydroxylation sites is 2. The van der Waals surface area contributed by atoms with Crippen LogP contribution in [-0.2, 0) is 0 Å². The quantitative estimate of drug-likeness (QED) is 0.210. The third kappa shape index (κ3) is 3.11. The van der Waals surface area contributed by atoms with E-state index in [1.54, 1.807) is 0 Å². The highest BCUT2D eigenvalue weighted by Gasteiger charge is 2.19. The Balaban J connectivity index is 1.28.